The van der Waals surface area contributed by atoms with Crippen LogP contribution in [0, 0.1) is 11.8 Å². The summed E-state index contributed by atoms with van der Waals surface area (Å²) in [4.78, 5) is 11.1. The zero-order valence-corrected chi connectivity index (χ0v) is 14.0. The van der Waals surface area contributed by atoms with E-state index in [1.807, 2.05) is 31.2 Å². The molecule has 0 saturated heterocycles. The minimum absolute atomic E-state index is 0.0476. The van der Waals surface area contributed by atoms with Crippen molar-refractivity contribution in [2.75, 3.05) is 0 Å². The number of aryl methyl sites for hydroxylation is 1. The molecule has 0 bridgehead atoms. The summed E-state index contributed by atoms with van der Waals surface area (Å²) >= 11 is 9.60. The molecule has 3 rings (SSSR count). The summed E-state index contributed by atoms with van der Waals surface area (Å²) in [5.74, 6) is -0.147. The Morgan fingerprint density at radius 3 is 2.73 bits per heavy atom. The fourth-order valence-corrected chi connectivity index (χ4v) is 3.44. The smallest absolute Gasteiger partial charge is 0.222 e. The van der Waals surface area contributed by atoms with Gasteiger partial charge in [0.2, 0.25) is 5.88 Å². The summed E-state index contributed by atoms with van der Waals surface area (Å²) < 4.78 is 2.49. The molecule has 0 radical (unpaired) electrons. The second-order valence-electron chi connectivity index (χ2n) is 5.06. The quantitative estimate of drug-likeness (QED) is 0.609. The average Bonchev–Trinajstić information content (AvgIpc) is 2.73. The van der Waals surface area contributed by atoms with Crippen molar-refractivity contribution < 1.29 is 5.11 Å². The van der Waals surface area contributed by atoms with Gasteiger partial charge in [0.25, 0.3) is 0 Å². The van der Waals surface area contributed by atoms with Gasteiger partial charge in [-0.3, -0.25) is 0 Å². The molecule has 112 valence electrons. The number of aromatic hydroxyl groups is 1. The molecule has 0 atom stereocenters. The van der Waals surface area contributed by atoms with Gasteiger partial charge in [0, 0.05) is 14.9 Å². The van der Waals surface area contributed by atoms with E-state index in [1.165, 1.54) is 0 Å². The van der Waals surface area contributed by atoms with Crippen molar-refractivity contribution in [1.82, 2.24) is 4.57 Å². The number of hydrogen-bond acceptors (Lipinski definition) is 3. The predicted molar refractivity (Wildman–Crippen MR) is 92.0 cm³/mol. The number of rotatable bonds is 3. The van der Waals surface area contributed by atoms with E-state index in [-0.39, 0.29) is 11.6 Å². The van der Waals surface area contributed by atoms with Crippen molar-refractivity contribution in [2.24, 2.45) is 5.18 Å². The van der Waals surface area contributed by atoms with Crippen LogP contribution in [0.25, 0.3) is 10.9 Å². The lowest BCUT2D eigenvalue weighted by Crippen LogP contribution is -2.00. The van der Waals surface area contributed by atoms with Crippen molar-refractivity contribution in [3.8, 4) is 5.88 Å². The molecule has 0 amide bonds. The fraction of sp³-hybridized carbons (Fsp3) is 0.125. The van der Waals surface area contributed by atoms with E-state index in [4.69, 9.17) is 11.6 Å². The first-order valence-corrected chi connectivity index (χ1v) is 7.78. The van der Waals surface area contributed by atoms with Crippen LogP contribution in [-0.2, 0) is 6.54 Å². The van der Waals surface area contributed by atoms with Gasteiger partial charge in [0.1, 0.15) is 0 Å². The number of nitrogens with zero attached hydrogens (tertiary/aromatic N) is 2. The zero-order valence-electron chi connectivity index (χ0n) is 11.7. The van der Waals surface area contributed by atoms with Crippen LogP contribution in [0.15, 0.2) is 46.0 Å². The molecule has 1 heterocycles. The topological polar surface area (TPSA) is 54.6 Å². The molecule has 0 spiro atoms. The SMILES string of the molecule is Cc1cc(Br)cc2c(N=O)c(O)n(Cc3ccccc3Cl)c12. The molecule has 22 heavy (non-hydrogen) atoms. The molecule has 1 aromatic heterocycles. The van der Waals surface area contributed by atoms with Crippen LogP contribution in [0.5, 0.6) is 5.88 Å². The van der Waals surface area contributed by atoms with Crippen LogP contribution >= 0.6 is 27.5 Å². The first-order chi connectivity index (χ1) is 10.5. The van der Waals surface area contributed by atoms with Crippen molar-refractivity contribution in [2.45, 2.75) is 13.5 Å². The van der Waals surface area contributed by atoms with E-state index in [0.29, 0.717) is 17.0 Å². The Hall–Kier alpha value is -1.85. The number of aromatic nitrogens is 1. The Bertz CT molecular complexity index is 889. The highest BCUT2D eigenvalue weighted by Gasteiger charge is 2.20. The lowest BCUT2D eigenvalue weighted by atomic mass is 10.1. The average molecular weight is 380 g/mol. The fourth-order valence-electron chi connectivity index (χ4n) is 2.67. The number of nitroso groups, excluding NO2 is 1. The standard InChI is InChI=1S/C16H12BrClN2O2/c1-9-6-11(17)7-12-14(19-22)16(21)20(15(9)12)8-10-4-2-3-5-13(10)18/h2-7,21H,8H2,1H3. The van der Waals surface area contributed by atoms with E-state index in [9.17, 15) is 10.0 Å². The first kappa shape index (κ1) is 15.1. The molecule has 0 aliphatic rings. The molecule has 0 aliphatic heterocycles. The van der Waals surface area contributed by atoms with Crippen LogP contribution in [-0.4, -0.2) is 9.67 Å². The summed E-state index contributed by atoms with van der Waals surface area (Å²) in [6, 6.07) is 11.1. The Morgan fingerprint density at radius 1 is 1.32 bits per heavy atom. The van der Waals surface area contributed by atoms with Crippen molar-refractivity contribution in [3.63, 3.8) is 0 Å². The largest absolute Gasteiger partial charge is 0.493 e. The molecule has 0 aliphatic carbocycles. The van der Waals surface area contributed by atoms with E-state index >= 15 is 0 Å². The number of hydrogen-bond donors (Lipinski definition) is 1. The van der Waals surface area contributed by atoms with Gasteiger partial charge in [-0.25, -0.2) is 0 Å². The molecule has 0 saturated carbocycles. The summed E-state index contributed by atoms with van der Waals surface area (Å²) in [5, 5.41) is 14.6. The van der Waals surface area contributed by atoms with E-state index in [1.54, 1.807) is 16.7 Å². The van der Waals surface area contributed by atoms with Crippen LogP contribution in [0.1, 0.15) is 11.1 Å². The number of benzene rings is 2. The highest BCUT2D eigenvalue weighted by Crippen LogP contribution is 2.41. The van der Waals surface area contributed by atoms with Gasteiger partial charge in [-0.05, 0) is 41.4 Å². The normalized spacial score (nSPS) is 11.0. The van der Waals surface area contributed by atoms with Gasteiger partial charge in [-0.2, -0.15) is 0 Å². The maximum Gasteiger partial charge on any atom is 0.222 e. The van der Waals surface area contributed by atoms with Crippen LogP contribution in [0.3, 0.4) is 0 Å². The Kier molecular flexibility index (Phi) is 3.93. The summed E-state index contributed by atoms with van der Waals surface area (Å²) in [7, 11) is 0. The van der Waals surface area contributed by atoms with E-state index in [0.717, 1.165) is 21.1 Å². The molecule has 4 nitrogen and oxygen atoms in total. The van der Waals surface area contributed by atoms with Gasteiger partial charge in [-0.1, -0.05) is 45.7 Å². The monoisotopic (exact) mass is 378 g/mol. The molecule has 6 heteroatoms. The minimum atomic E-state index is -0.147. The minimum Gasteiger partial charge on any atom is -0.493 e. The third kappa shape index (κ3) is 2.40. The number of halogens is 2. The first-order valence-electron chi connectivity index (χ1n) is 6.61. The molecule has 2 aromatic carbocycles. The molecule has 3 aromatic rings. The van der Waals surface area contributed by atoms with Crippen molar-refractivity contribution >= 4 is 44.1 Å². The molecule has 1 N–H and O–H groups in total. The number of fused-ring (bicyclic) bond motifs is 1. The van der Waals surface area contributed by atoms with E-state index in [2.05, 4.69) is 21.1 Å². The van der Waals surface area contributed by atoms with E-state index < -0.39 is 0 Å². The maximum absolute atomic E-state index is 11.1. The third-order valence-corrected chi connectivity index (χ3v) is 4.46. The highest BCUT2D eigenvalue weighted by atomic mass is 79.9. The summed E-state index contributed by atoms with van der Waals surface area (Å²) in [6.07, 6.45) is 0. The lowest BCUT2D eigenvalue weighted by Gasteiger charge is -2.10. The zero-order chi connectivity index (χ0) is 15.9. The second-order valence-corrected chi connectivity index (χ2v) is 6.38. The van der Waals surface area contributed by atoms with Crippen LogP contribution in [0.2, 0.25) is 5.02 Å². The molecular formula is C16H12BrClN2O2. The summed E-state index contributed by atoms with van der Waals surface area (Å²) in [6.45, 7) is 2.28. The highest BCUT2D eigenvalue weighted by molar-refractivity contribution is 9.10. The Morgan fingerprint density at radius 2 is 2.05 bits per heavy atom. The molecule has 0 unspecified atom stereocenters. The van der Waals surface area contributed by atoms with Gasteiger partial charge in [-0.15, -0.1) is 4.91 Å². The van der Waals surface area contributed by atoms with Crippen molar-refractivity contribution in [3.05, 3.63) is 61.9 Å². The second kappa shape index (κ2) is 5.74. The van der Waals surface area contributed by atoms with Gasteiger partial charge in [0.15, 0.2) is 5.69 Å². The van der Waals surface area contributed by atoms with Crippen LogP contribution in [0.4, 0.5) is 5.69 Å². The summed E-state index contributed by atoms with van der Waals surface area (Å²) in [5.41, 5.74) is 2.61. The van der Waals surface area contributed by atoms with Gasteiger partial charge < -0.3 is 9.67 Å². The van der Waals surface area contributed by atoms with Crippen molar-refractivity contribution in [1.29, 1.82) is 0 Å². The van der Waals surface area contributed by atoms with Crippen LogP contribution < -0.4 is 0 Å². The third-order valence-electron chi connectivity index (χ3n) is 3.64. The molecule has 0 fully saturated rings. The van der Waals surface area contributed by atoms with Gasteiger partial charge in [0.05, 0.1) is 12.1 Å². The lowest BCUT2D eigenvalue weighted by molar-refractivity contribution is 0.430. The predicted octanol–water partition coefficient (Wildman–Crippen LogP) is 5.52. The Balaban J connectivity index is 2.28. The molecular weight excluding hydrogens is 368 g/mol. The van der Waals surface area contributed by atoms with Gasteiger partial charge >= 0.3 is 0 Å². The maximum atomic E-state index is 11.1. The Labute approximate surface area is 140 Å².